The second-order valence-electron chi connectivity index (χ2n) is 5.72. The standard InChI is InChI=1S/C13H22N2O4/c1-15(2)13(6-3-7-13)8-14-11(16)9-4-5-10(19-9)12(17)18/h9-10H,3-8H2,1-2H3,(H,14,16)(H,17,18). The number of ether oxygens (including phenoxy) is 1. The number of carboxylic acid groups (broad SMARTS) is 1. The lowest BCUT2D eigenvalue weighted by molar-refractivity contribution is -0.152. The Morgan fingerprint density at radius 2 is 1.95 bits per heavy atom. The molecule has 1 saturated carbocycles. The molecule has 2 rings (SSSR count). The van der Waals surface area contributed by atoms with Gasteiger partial charge in [0.25, 0.3) is 0 Å². The third-order valence-electron chi connectivity index (χ3n) is 4.41. The zero-order valence-corrected chi connectivity index (χ0v) is 11.5. The summed E-state index contributed by atoms with van der Waals surface area (Å²) in [5.41, 5.74) is 0.0699. The van der Waals surface area contributed by atoms with E-state index in [1.54, 1.807) is 0 Å². The minimum Gasteiger partial charge on any atom is -0.479 e. The van der Waals surface area contributed by atoms with Crippen LogP contribution >= 0.6 is 0 Å². The number of hydrogen-bond donors (Lipinski definition) is 2. The maximum absolute atomic E-state index is 12.0. The first-order chi connectivity index (χ1) is 8.94. The topological polar surface area (TPSA) is 78.9 Å². The van der Waals surface area contributed by atoms with Crippen LogP contribution in [-0.4, -0.2) is 60.3 Å². The largest absolute Gasteiger partial charge is 0.479 e. The second-order valence-corrected chi connectivity index (χ2v) is 5.72. The SMILES string of the molecule is CN(C)C1(CNC(=O)C2CCC(C(=O)O)O2)CCC1. The average Bonchev–Trinajstić information content (AvgIpc) is 2.75. The summed E-state index contributed by atoms with van der Waals surface area (Å²) in [5.74, 6) is -1.17. The van der Waals surface area contributed by atoms with Crippen LogP contribution in [0.2, 0.25) is 0 Å². The van der Waals surface area contributed by atoms with E-state index >= 15 is 0 Å². The molecule has 1 aliphatic heterocycles. The molecule has 6 heteroatoms. The molecule has 2 fully saturated rings. The van der Waals surface area contributed by atoms with Crippen LogP contribution in [0.1, 0.15) is 32.1 Å². The van der Waals surface area contributed by atoms with Gasteiger partial charge >= 0.3 is 5.97 Å². The molecule has 0 bridgehead atoms. The molecule has 1 amide bonds. The van der Waals surface area contributed by atoms with E-state index in [1.165, 1.54) is 6.42 Å². The number of hydrogen-bond acceptors (Lipinski definition) is 4. The van der Waals surface area contributed by atoms with E-state index in [9.17, 15) is 9.59 Å². The monoisotopic (exact) mass is 270 g/mol. The van der Waals surface area contributed by atoms with Crippen LogP contribution in [0.5, 0.6) is 0 Å². The number of likely N-dealkylation sites (N-methyl/N-ethyl adjacent to an activating group) is 1. The molecule has 2 N–H and O–H groups in total. The Labute approximate surface area is 113 Å². The van der Waals surface area contributed by atoms with Crippen molar-refractivity contribution in [2.24, 2.45) is 0 Å². The summed E-state index contributed by atoms with van der Waals surface area (Å²) in [5, 5.41) is 11.7. The van der Waals surface area contributed by atoms with Crippen molar-refractivity contribution >= 4 is 11.9 Å². The zero-order valence-electron chi connectivity index (χ0n) is 11.5. The van der Waals surface area contributed by atoms with Gasteiger partial charge in [-0.1, -0.05) is 0 Å². The van der Waals surface area contributed by atoms with Crippen LogP contribution in [0, 0.1) is 0 Å². The van der Waals surface area contributed by atoms with Crippen molar-refractivity contribution in [3.05, 3.63) is 0 Å². The quantitative estimate of drug-likeness (QED) is 0.747. The van der Waals surface area contributed by atoms with Gasteiger partial charge in [-0.25, -0.2) is 4.79 Å². The van der Waals surface area contributed by atoms with Crippen LogP contribution < -0.4 is 5.32 Å². The Balaban J connectivity index is 1.81. The molecule has 2 unspecified atom stereocenters. The van der Waals surface area contributed by atoms with E-state index in [0.29, 0.717) is 19.4 Å². The molecule has 1 aliphatic carbocycles. The molecule has 1 saturated heterocycles. The van der Waals surface area contributed by atoms with Gasteiger partial charge in [0.15, 0.2) is 6.10 Å². The number of carbonyl (C=O) groups is 2. The molecule has 0 aromatic heterocycles. The maximum atomic E-state index is 12.0. The lowest BCUT2D eigenvalue weighted by atomic mass is 9.75. The van der Waals surface area contributed by atoms with E-state index in [1.807, 2.05) is 14.1 Å². The summed E-state index contributed by atoms with van der Waals surface area (Å²) in [6.45, 7) is 0.608. The highest BCUT2D eigenvalue weighted by Crippen LogP contribution is 2.35. The van der Waals surface area contributed by atoms with E-state index in [-0.39, 0.29) is 11.4 Å². The number of nitrogens with one attached hydrogen (secondary N) is 1. The summed E-state index contributed by atoms with van der Waals surface area (Å²) in [7, 11) is 4.05. The molecular formula is C13H22N2O4. The van der Waals surface area contributed by atoms with Crippen LogP contribution in [0.25, 0.3) is 0 Å². The lowest BCUT2D eigenvalue weighted by Crippen LogP contribution is -2.58. The van der Waals surface area contributed by atoms with E-state index < -0.39 is 18.2 Å². The molecule has 0 aromatic carbocycles. The molecule has 2 aliphatic rings. The molecule has 2 atom stereocenters. The summed E-state index contributed by atoms with van der Waals surface area (Å²) >= 11 is 0. The van der Waals surface area contributed by atoms with Crippen LogP contribution in [-0.2, 0) is 14.3 Å². The minimum atomic E-state index is -0.987. The number of carbonyl (C=O) groups excluding carboxylic acids is 1. The number of aliphatic carboxylic acids is 1. The summed E-state index contributed by atoms with van der Waals surface area (Å²) in [4.78, 5) is 24.9. The van der Waals surface area contributed by atoms with E-state index in [4.69, 9.17) is 9.84 Å². The van der Waals surface area contributed by atoms with Crippen molar-refractivity contribution in [1.29, 1.82) is 0 Å². The molecule has 0 aromatic rings. The first kappa shape index (κ1) is 14.3. The predicted octanol–water partition coefficient (Wildman–Crippen LogP) is 0.219. The Morgan fingerprint density at radius 3 is 2.37 bits per heavy atom. The van der Waals surface area contributed by atoms with Crippen molar-refractivity contribution in [2.75, 3.05) is 20.6 Å². The van der Waals surface area contributed by atoms with Gasteiger partial charge in [-0.2, -0.15) is 0 Å². The Hall–Kier alpha value is -1.14. The maximum Gasteiger partial charge on any atom is 0.332 e. The van der Waals surface area contributed by atoms with E-state index in [2.05, 4.69) is 10.2 Å². The molecule has 108 valence electrons. The third-order valence-corrected chi connectivity index (χ3v) is 4.41. The van der Waals surface area contributed by atoms with Crippen LogP contribution in [0.15, 0.2) is 0 Å². The Kier molecular flexibility index (Phi) is 4.10. The fraction of sp³-hybridized carbons (Fsp3) is 0.846. The number of rotatable bonds is 5. The van der Waals surface area contributed by atoms with Crippen molar-refractivity contribution in [1.82, 2.24) is 10.2 Å². The molecule has 6 nitrogen and oxygen atoms in total. The number of carboxylic acids is 1. The highest BCUT2D eigenvalue weighted by atomic mass is 16.5. The summed E-state index contributed by atoms with van der Waals surface area (Å²) in [6.07, 6.45) is 2.81. The first-order valence-electron chi connectivity index (χ1n) is 6.78. The summed E-state index contributed by atoms with van der Waals surface area (Å²) in [6, 6.07) is 0. The fourth-order valence-electron chi connectivity index (χ4n) is 2.74. The van der Waals surface area contributed by atoms with Crippen molar-refractivity contribution in [2.45, 2.75) is 49.9 Å². The van der Waals surface area contributed by atoms with E-state index in [0.717, 1.165) is 12.8 Å². The molecule has 0 spiro atoms. The Morgan fingerprint density at radius 1 is 1.32 bits per heavy atom. The lowest BCUT2D eigenvalue weighted by Gasteiger charge is -2.47. The highest BCUT2D eigenvalue weighted by molar-refractivity contribution is 5.82. The average molecular weight is 270 g/mol. The molecule has 0 radical (unpaired) electrons. The second kappa shape index (κ2) is 5.46. The van der Waals surface area contributed by atoms with Gasteiger partial charge in [0.2, 0.25) is 5.91 Å². The van der Waals surface area contributed by atoms with Gasteiger partial charge in [-0.15, -0.1) is 0 Å². The molecule has 19 heavy (non-hydrogen) atoms. The van der Waals surface area contributed by atoms with Gasteiger partial charge < -0.3 is 20.1 Å². The van der Waals surface area contributed by atoms with Crippen LogP contribution in [0.3, 0.4) is 0 Å². The van der Waals surface area contributed by atoms with Crippen molar-refractivity contribution in [3.8, 4) is 0 Å². The van der Waals surface area contributed by atoms with Gasteiger partial charge in [0.05, 0.1) is 0 Å². The van der Waals surface area contributed by atoms with Gasteiger partial charge in [0, 0.05) is 12.1 Å². The summed E-state index contributed by atoms with van der Waals surface area (Å²) < 4.78 is 5.24. The van der Waals surface area contributed by atoms with Crippen molar-refractivity contribution in [3.63, 3.8) is 0 Å². The highest BCUT2D eigenvalue weighted by Gasteiger charge is 2.40. The molecule has 1 heterocycles. The van der Waals surface area contributed by atoms with Gasteiger partial charge in [-0.3, -0.25) is 4.79 Å². The predicted molar refractivity (Wildman–Crippen MR) is 68.8 cm³/mol. The molecular weight excluding hydrogens is 248 g/mol. The Bertz CT molecular complexity index is 366. The zero-order chi connectivity index (χ0) is 14.0. The third kappa shape index (κ3) is 2.90. The van der Waals surface area contributed by atoms with Gasteiger partial charge in [0.1, 0.15) is 6.10 Å². The smallest absolute Gasteiger partial charge is 0.332 e. The van der Waals surface area contributed by atoms with Crippen LogP contribution in [0.4, 0.5) is 0 Å². The fourth-order valence-corrected chi connectivity index (χ4v) is 2.74. The van der Waals surface area contributed by atoms with Crippen molar-refractivity contribution < 1.29 is 19.4 Å². The normalized spacial score (nSPS) is 29.0. The number of amides is 1. The number of nitrogens with zero attached hydrogens (tertiary/aromatic N) is 1. The first-order valence-corrected chi connectivity index (χ1v) is 6.78. The van der Waals surface area contributed by atoms with Gasteiger partial charge in [-0.05, 0) is 46.2 Å². The minimum absolute atomic E-state index is 0.0699.